The molecule has 0 aliphatic heterocycles. The van der Waals surface area contributed by atoms with E-state index in [0.29, 0.717) is 13.0 Å². The molecule has 5 heteroatoms. The standard InChI is InChI=1S/C9H17NO4/c1-3-5-8(11)13-6-7-14-9(12)10-4-2/h3-7H2,1-2H3,(H,10,12). The molecule has 5 nitrogen and oxygen atoms in total. The molecule has 0 aromatic rings. The lowest BCUT2D eigenvalue weighted by molar-refractivity contribution is -0.144. The molecule has 0 aromatic carbocycles. The van der Waals surface area contributed by atoms with E-state index in [0.717, 1.165) is 6.42 Å². The molecule has 0 atom stereocenters. The first kappa shape index (κ1) is 12.7. The highest BCUT2D eigenvalue weighted by Crippen LogP contribution is 1.90. The van der Waals surface area contributed by atoms with E-state index in [9.17, 15) is 9.59 Å². The minimum atomic E-state index is -0.487. The summed E-state index contributed by atoms with van der Waals surface area (Å²) < 4.78 is 9.45. The predicted octanol–water partition coefficient (Wildman–Crippen LogP) is 1.08. The zero-order chi connectivity index (χ0) is 10.8. The summed E-state index contributed by atoms with van der Waals surface area (Å²) in [6.45, 7) is 4.43. The number of carbonyl (C=O) groups excluding carboxylic acids is 2. The monoisotopic (exact) mass is 203 g/mol. The maximum atomic E-state index is 10.8. The molecule has 0 bridgehead atoms. The van der Waals surface area contributed by atoms with Crippen LogP contribution in [0.5, 0.6) is 0 Å². The Morgan fingerprint density at radius 2 is 1.79 bits per heavy atom. The number of hydrogen-bond donors (Lipinski definition) is 1. The smallest absolute Gasteiger partial charge is 0.407 e. The van der Waals surface area contributed by atoms with Gasteiger partial charge in [0.2, 0.25) is 0 Å². The van der Waals surface area contributed by atoms with Gasteiger partial charge in [0.1, 0.15) is 13.2 Å². The fourth-order valence-electron chi connectivity index (χ4n) is 0.762. The van der Waals surface area contributed by atoms with Crippen LogP contribution >= 0.6 is 0 Å². The second kappa shape index (κ2) is 8.34. The van der Waals surface area contributed by atoms with Crippen molar-refractivity contribution in [1.29, 1.82) is 0 Å². The van der Waals surface area contributed by atoms with Gasteiger partial charge in [-0.25, -0.2) is 4.79 Å². The van der Waals surface area contributed by atoms with Gasteiger partial charge in [-0.15, -0.1) is 0 Å². The van der Waals surface area contributed by atoms with Crippen molar-refractivity contribution < 1.29 is 19.1 Å². The van der Waals surface area contributed by atoms with E-state index in [4.69, 9.17) is 4.74 Å². The molecular formula is C9H17NO4. The van der Waals surface area contributed by atoms with Crippen LogP contribution < -0.4 is 5.32 Å². The highest BCUT2D eigenvalue weighted by Gasteiger charge is 2.02. The number of ether oxygens (including phenoxy) is 2. The van der Waals surface area contributed by atoms with Crippen LogP contribution in [-0.4, -0.2) is 31.8 Å². The summed E-state index contributed by atoms with van der Waals surface area (Å²) in [4.78, 5) is 21.6. The molecule has 0 heterocycles. The summed E-state index contributed by atoms with van der Waals surface area (Å²) in [6.07, 6.45) is 0.677. The van der Waals surface area contributed by atoms with Crippen LogP contribution in [-0.2, 0) is 14.3 Å². The Morgan fingerprint density at radius 1 is 1.14 bits per heavy atom. The van der Waals surface area contributed by atoms with Crippen LogP contribution in [0.15, 0.2) is 0 Å². The average Bonchev–Trinajstić information content (AvgIpc) is 2.13. The Bertz CT molecular complexity index is 162. The molecule has 0 rings (SSSR count). The molecular weight excluding hydrogens is 186 g/mol. The molecule has 0 saturated carbocycles. The number of carbonyl (C=O) groups is 2. The molecule has 0 aromatic heterocycles. The minimum Gasteiger partial charge on any atom is -0.462 e. The van der Waals surface area contributed by atoms with Crippen molar-refractivity contribution in [2.75, 3.05) is 19.8 Å². The number of nitrogens with one attached hydrogen (secondary N) is 1. The maximum Gasteiger partial charge on any atom is 0.407 e. The normalized spacial score (nSPS) is 9.29. The van der Waals surface area contributed by atoms with Crippen LogP contribution in [0, 0.1) is 0 Å². The molecule has 0 unspecified atom stereocenters. The van der Waals surface area contributed by atoms with Crippen molar-refractivity contribution in [2.24, 2.45) is 0 Å². The fourth-order valence-corrected chi connectivity index (χ4v) is 0.762. The largest absolute Gasteiger partial charge is 0.462 e. The van der Waals surface area contributed by atoms with Gasteiger partial charge >= 0.3 is 12.1 Å². The van der Waals surface area contributed by atoms with Gasteiger partial charge in [-0.05, 0) is 13.3 Å². The molecule has 1 N–H and O–H groups in total. The van der Waals surface area contributed by atoms with Crippen molar-refractivity contribution in [1.82, 2.24) is 5.32 Å². The van der Waals surface area contributed by atoms with Crippen molar-refractivity contribution in [2.45, 2.75) is 26.7 Å². The third-order valence-electron chi connectivity index (χ3n) is 1.35. The fraction of sp³-hybridized carbons (Fsp3) is 0.778. The summed E-state index contributed by atoms with van der Waals surface area (Å²) in [6, 6.07) is 0. The lowest BCUT2D eigenvalue weighted by Gasteiger charge is -2.05. The Morgan fingerprint density at radius 3 is 2.36 bits per heavy atom. The number of esters is 1. The summed E-state index contributed by atoms with van der Waals surface area (Å²) in [7, 11) is 0. The Balaban J connectivity index is 3.28. The SMILES string of the molecule is CCCC(=O)OCCOC(=O)NCC. The molecule has 0 fully saturated rings. The molecule has 0 radical (unpaired) electrons. The quantitative estimate of drug-likeness (QED) is 0.518. The van der Waals surface area contributed by atoms with Crippen LogP contribution in [0.3, 0.4) is 0 Å². The lowest BCUT2D eigenvalue weighted by Crippen LogP contribution is -2.25. The van der Waals surface area contributed by atoms with E-state index in [1.54, 1.807) is 6.92 Å². The summed E-state index contributed by atoms with van der Waals surface area (Å²) in [5.41, 5.74) is 0. The molecule has 0 spiro atoms. The average molecular weight is 203 g/mol. The van der Waals surface area contributed by atoms with E-state index in [1.807, 2.05) is 6.92 Å². The van der Waals surface area contributed by atoms with E-state index in [1.165, 1.54) is 0 Å². The van der Waals surface area contributed by atoms with Crippen LogP contribution in [0.1, 0.15) is 26.7 Å². The van der Waals surface area contributed by atoms with Crippen molar-refractivity contribution in [3.8, 4) is 0 Å². The summed E-state index contributed by atoms with van der Waals surface area (Å²) in [5, 5.41) is 2.46. The summed E-state index contributed by atoms with van der Waals surface area (Å²) in [5.74, 6) is -0.257. The van der Waals surface area contributed by atoms with Crippen LogP contribution in [0.4, 0.5) is 4.79 Å². The highest BCUT2D eigenvalue weighted by atomic mass is 16.6. The molecule has 0 aliphatic carbocycles. The molecule has 14 heavy (non-hydrogen) atoms. The zero-order valence-electron chi connectivity index (χ0n) is 8.67. The van der Waals surface area contributed by atoms with Crippen LogP contribution in [0.2, 0.25) is 0 Å². The molecule has 82 valence electrons. The predicted molar refractivity (Wildman–Crippen MR) is 50.9 cm³/mol. The van der Waals surface area contributed by atoms with Gasteiger partial charge in [0, 0.05) is 13.0 Å². The van der Waals surface area contributed by atoms with Crippen LogP contribution in [0.25, 0.3) is 0 Å². The number of rotatable bonds is 6. The van der Waals surface area contributed by atoms with E-state index in [-0.39, 0.29) is 19.2 Å². The lowest BCUT2D eigenvalue weighted by atomic mass is 10.3. The van der Waals surface area contributed by atoms with Gasteiger partial charge in [0.25, 0.3) is 0 Å². The molecule has 1 amide bonds. The van der Waals surface area contributed by atoms with Gasteiger partial charge < -0.3 is 14.8 Å². The third-order valence-corrected chi connectivity index (χ3v) is 1.35. The first-order valence-electron chi connectivity index (χ1n) is 4.77. The number of hydrogen-bond acceptors (Lipinski definition) is 4. The Hall–Kier alpha value is -1.26. The number of alkyl carbamates (subject to hydrolysis) is 1. The van der Waals surface area contributed by atoms with Gasteiger partial charge in [-0.3, -0.25) is 4.79 Å². The van der Waals surface area contributed by atoms with E-state index < -0.39 is 6.09 Å². The molecule has 0 saturated heterocycles. The highest BCUT2D eigenvalue weighted by molar-refractivity contribution is 5.69. The van der Waals surface area contributed by atoms with Crippen molar-refractivity contribution in [3.63, 3.8) is 0 Å². The number of amides is 1. The topological polar surface area (TPSA) is 64.6 Å². The Labute approximate surface area is 83.8 Å². The van der Waals surface area contributed by atoms with E-state index >= 15 is 0 Å². The second-order valence-corrected chi connectivity index (χ2v) is 2.64. The first-order chi connectivity index (χ1) is 6.70. The van der Waals surface area contributed by atoms with Gasteiger partial charge in [-0.1, -0.05) is 6.92 Å². The van der Waals surface area contributed by atoms with Gasteiger partial charge in [0.05, 0.1) is 0 Å². The van der Waals surface area contributed by atoms with Gasteiger partial charge in [0.15, 0.2) is 0 Å². The minimum absolute atomic E-state index is 0.0985. The van der Waals surface area contributed by atoms with Crippen molar-refractivity contribution >= 4 is 12.1 Å². The van der Waals surface area contributed by atoms with E-state index in [2.05, 4.69) is 10.1 Å². The zero-order valence-corrected chi connectivity index (χ0v) is 8.67. The summed E-state index contributed by atoms with van der Waals surface area (Å²) >= 11 is 0. The van der Waals surface area contributed by atoms with Gasteiger partial charge in [-0.2, -0.15) is 0 Å². The maximum absolute atomic E-state index is 10.8. The molecule has 0 aliphatic rings. The van der Waals surface area contributed by atoms with Crippen molar-refractivity contribution in [3.05, 3.63) is 0 Å². The second-order valence-electron chi connectivity index (χ2n) is 2.64. The third kappa shape index (κ3) is 7.39. The first-order valence-corrected chi connectivity index (χ1v) is 4.77. The Kier molecular flexibility index (Phi) is 7.59.